The van der Waals surface area contributed by atoms with Crippen LogP contribution in [0.25, 0.3) is 11.0 Å². The van der Waals surface area contributed by atoms with Gasteiger partial charge in [0.2, 0.25) is 0 Å². The Morgan fingerprint density at radius 3 is 2.59 bits per heavy atom. The lowest BCUT2D eigenvalue weighted by molar-refractivity contribution is 0.0485. The van der Waals surface area contributed by atoms with Crippen molar-refractivity contribution in [2.45, 2.75) is 38.8 Å². The standard InChI is InChI=1S/C23H27N3O3/c1-15-11-19-20(12-16(15)2)26(23(27)24-19)17-7-9-25(10-8-17)13-18-14-28-21-5-3-4-6-22(21)29-18/h3-6,11-12,17-18H,7-10,13-14H2,1-2H3,(H,24,27). The molecule has 3 heterocycles. The Labute approximate surface area is 170 Å². The maximum atomic E-state index is 12.6. The molecule has 0 radical (unpaired) electrons. The molecule has 0 amide bonds. The Hall–Kier alpha value is -2.73. The van der Waals surface area contributed by atoms with E-state index < -0.39 is 0 Å². The number of piperidine rings is 1. The molecule has 0 spiro atoms. The third kappa shape index (κ3) is 3.42. The summed E-state index contributed by atoms with van der Waals surface area (Å²) in [5, 5.41) is 0. The number of nitrogens with one attached hydrogen (secondary N) is 1. The molecule has 0 bridgehead atoms. The van der Waals surface area contributed by atoms with Crippen molar-refractivity contribution in [1.29, 1.82) is 0 Å². The van der Waals surface area contributed by atoms with Gasteiger partial charge in [0.25, 0.3) is 0 Å². The van der Waals surface area contributed by atoms with Crippen LogP contribution in [0.1, 0.15) is 30.0 Å². The van der Waals surface area contributed by atoms with E-state index in [0.717, 1.165) is 55.0 Å². The first-order chi connectivity index (χ1) is 14.1. The van der Waals surface area contributed by atoms with Crippen LogP contribution in [-0.2, 0) is 0 Å². The summed E-state index contributed by atoms with van der Waals surface area (Å²) < 4.78 is 13.9. The second kappa shape index (κ2) is 7.26. The van der Waals surface area contributed by atoms with Gasteiger partial charge in [-0.25, -0.2) is 4.79 Å². The van der Waals surface area contributed by atoms with E-state index in [1.807, 2.05) is 28.8 Å². The summed E-state index contributed by atoms with van der Waals surface area (Å²) >= 11 is 0. The summed E-state index contributed by atoms with van der Waals surface area (Å²) in [6, 6.07) is 12.3. The summed E-state index contributed by atoms with van der Waals surface area (Å²) in [4.78, 5) is 18.1. The van der Waals surface area contributed by atoms with Gasteiger partial charge < -0.3 is 14.5 Å². The largest absolute Gasteiger partial charge is 0.486 e. The van der Waals surface area contributed by atoms with Gasteiger partial charge in [0, 0.05) is 25.7 Å². The smallest absolute Gasteiger partial charge is 0.326 e. The van der Waals surface area contributed by atoms with E-state index >= 15 is 0 Å². The third-order valence-corrected chi connectivity index (χ3v) is 6.28. The van der Waals surface area contributed by atoms with Gasteiger partial charge >= 0.3 is 5.69 Å². The summed E-state index contributed by atoms with van der Waals surface area (Å²) in [7, 11) is 0. The Balaban J connectivity index is 1.26. The molecule has 1 saturated heterocycles. The highest BCUT2D eigenvalue weighted by Crippen LogP contribution is 2.32. The quantitative estimate of drug-likeness (QED) is 0.741. The molecule has 2 aromatic carbocycles. The number of likely N-dealkylation sites (tertiary alicyclic amines) is 1. The van der Waals surface area contributed by atoms with Gasteiger partial charge in [-0.3, -0.25) is 9.47 Å². The topological polar surface area (TPSA) is 59.5 Å². The van der Waals surface area contributed by atoms with E-state index in [0.29, 0.717) is 6.61 Å². The first-order valence-electron chi connectivity index (χ1n) is 10.4. The van der Waals surface area contributed by atoms with Crippen molar-refractivity contribution in [2.75, 3.05) is 26.2 Å². The number of aromatic amines is 1. The number of para-hydroxylation sites is 2. The molecule has 3 aromatic rings. The molecule has 5 rings (SSSR count). The Morgan fingerprint density at radius 2 is 1.79 bits per heavy atom. The number of aromatic nitrogens is 2. The van der Waals surface area contributed by atoms with E-state index in [9.17, 15) is 4.79 Å². The maximum absolute atomic E-state index is 12.6. The first-order valence-corrected chi connectivity index (χ1v) is 10.4. The summed E-state index contributed by atoms with van der Waals surface area (Å²) in [5.74, 6) is 1.65. The number of fused-ring (bicyclic) bond motifs is 2. The summed E-state index contributed by atoms with van der Waals surface area (Å²) in [6.07, 6.45) is 1.97. The van der Waals surface area contributed by atoms with E-state index in [2.05, 4.69) is 35.9 Å². The van der Waals surface area contributed by atoms with Crippen molar-refractivity contribution in [3.8, 4) is 11.5 Å². The molecule has 0 saturated carbocycles. The fourth-order valence-electron chi connectivity index (χ4n) is 4.55. The Kier molecular flexibility index (Phi) is 4.59. The molecule has 1 N–H and O–H groups in total. The molecule has 0 aliphatic carbocycles. The van der Waals surface area contributed by atoms with Gasteiger partial charge in [-0.1, -0.05) is 12.1 Å². The predicted octanol–water partition coefficient (Wildman–Crippen LogP) is 3.42. The van der Waals surface area contributed by atoms with Gasteiger partial charge in [-0.2, -0.15) is 0 Å². The van der Waals surface area contributed by atoms with Crippen LogP contribution in [0.5, 0.6) is 11.5 Å². The zero-order valence-electron chi connectivity index (χ0n) is 17.0. The zero-order chi connectivity index (χ0) is 20.0. The number of ether oxygens (including phenoxy) is 2. The van der Waals surface area contributed by atoms with Crippen LogP contribution in [-0.4, -0.2) is 46.8 Å². The summed E-state index contributed by atoms with van der Waals surface area (Å²) in [5.41, 5.74) is 4.39. The van der Waals surface area contributed by atoms with Gasteiger partial charge in [0.05, 0.1) is 11.0 Å². The van der Waals surface area contributed by atoms with Crippen molar-refractivity contribution in [3.63, 3.8) is 0 Å². The third-order valence-electron chi connectivity index (χ3n) is 6.28. The minimum Gasteiger partial charge on any atom is -0.486 e. The highest BCUT2D eigenvalue weighted by atomic mass is 16.6. The number of nitrogens with zero attached hydrogens (tertiary/aromatic N) is 2. The second-order valence-corrected chi connectivity index (χ2v) is 8.28. The molecule has 1 aromatic heterocycles. The van der Waals surface area contributed by atoms with Gasteiger partial charge in [0.15, 0.2) is 11.5 Å². The van der Waals surface area contributed by atoms with Crippen molar-refractivity contribution in [2.24, 2.45) is 0 Å². The minimum atomic E-state index is 0.00377. The fraction of sp³-hybridized carbons (Fsp3) is 0.435. The molecule has 1 fully saturated rings. The molecular weight excluding hydrogens is 366 g/mol. The number of hydrogen-bond donors (Lipinski definition) is 1. The lowest BCUT2D eigenvalue weighted by Crippen LogP contribution is -2.45. The molecule has 1 unspecified atom stereocenters. The second-order valence-electron chi connectivity index (χ2n) is 8.28. The molecule has 152 valence electrons. The van der Waals surface area contributed by atoms with Crippen molar-refractivity contribution < 1.29 is 9.47 Å². The van der Waals surface area contributed by atoms with Crippen LogP contribution in [0.15, 0.2) is 41.2 Å². The van der Waals surface area contributed by atoms with Crippen molar-refractivity contribution in [1.82, 2.24) is 14.5 Å². The number of aryl methyl sites for hydroxylation is 2. The number of H-pyrrole nitrogens is 1. The highest BCUT2D eigenvalue weighted by molar-refractivity contribution is 5.77. The fourth-order valence-corrected chi connectivity index (χ4v) is 4.55. The van der Waals surface area contributed by atoms with E-state index in [1.165, 1.54) is 11.1 Å². The highest BCUT2D eigenvalue weighted by Gasteiger charge is 2.28. The number of hydrogen-bond acceptors (Lipinski definition) is 4. The molecule has 1 atom stereocenters. The number of rotatable bonds is 3. The number of imidazole rings is 1. The van der Waals surface area contributed by atoms with E-state index in [-0.39, 0.29) is 17.8 Å². The molecule has 6 nitrogen and oxygen atoms in total. The lowest BCUT2D eigenvalue weighted by Gasteiger charge is -2.36. The van der Waals surface area contributed by atoms with Crippen LogP contribution in [0.2, 0.25) is 0 Å². The van der Waals surface area contributed by atoms with Crippen LogP contribution >= 0.6 is 0 Å². The molecule has 2 aliphatic heterocycles. The predicted molar refractivity (Wildman–Crippen MR) is 113 cm³/mol. The normalized spacial score (nSPS) is 20.3. The van der Waals surface area contributed by atoms with Crippen molar-refractivity contribution in [3.05, 3.63) is 58.0 Å². The molecular formula is C23H27N3O3. The molecule has 29 heavy (non-hydrogen) atoms. The summed E-state index contributed by atoms with van der Waals surface area (Å²) in [6.45, 7) is 7.52. The van der Waals surface area contributed by atoms with Crippen LogP contribution in [0.4, 0.5) is 0 Å². The SMILES string of the molecule is Cc1cc2[nH]c(=O)n(C3CCN(CC4COc5ccccc5O4)CC3)c2cc1C. The number of benzene rings is 2. The van der Waals surface area contributed by atoms with Gasteiger partial charge in [-0.05, 0) is 62.1 Å². The van der Waals surface area contributed by atoms with Crippen LogP contribution in [0.3, 0.4) is 0 Å². The van der Waals surface area contributed by atoms with Gasteiger partial charge in [0.1, 0.15) is 12.7 Å². The van der Waals surface area contributed by atoms with E-state index in [1.54, 1.807) is 0 Å². The zero-order valence-corrected chi connectivity index (χ0v) is 17.0. The lowest BCUT2D eigenvalue weighted by atomic mass is 10.0. The minimum absolute atomic E-state index is 0.00377. The van der Waals surface area contributed by atoms with Gasteiger partial charge in [-0.15, -0.1) is 0 Å². The molecule has 2 aliphatic rings. The average Bonchev–Trinajstić information content (AvgIpc) is 3.03. The maximum Gasteiger partial charge on any atom is 0.326 e. The Bertz CT molecular complexity index is 1090. The molecule has 6 heteroatoms. The van der Waals surface area contributed by atoms with Crippen molar-refractivity contribution >= 4 is 11.0 Å². The Morgan fingerprint density at radius 1 is 1.07 bits per heavy atom. The monoisotopic (exact) mass is 393 g/mol. The van der Waals surface area contributed by atoms with E-state index in [4.69, 9.17) is 9.47 Å². The van der Waals surface area contributed by atoms with Crippen LogP contribution < -0.4 is 15.2 Å². The van der Waals surface area contributed by atoms with Crippen LogP contribution in [0, 0.1) is 13.8 Å². The average molecular weight is 393 g/mol. The first kappa shape index (κ1) is 18.3.